The third kappa shape index (κ3) is 7.27. The number of unbranched alkanes of at least 4 members (excludes halogenated alkanes) is 3. The van der Waals surface area contributed by atoms with Gasteiger partial charge >= 0.3 is 0 Å². The molecule has 0 bridgehead atoms. The van der Waals surface area contributed by atoms with E-state index in [0.29, 0.717) is 0 Å². The first-order chi connectivity index (χ1) is 7.26. The van der Waals surface area contributed by atoms with Gasteiger partial charge in [0.25, 0.3) is 0 Å². The zero-order valence-corrected chi connectivity index (χ0v) is 10.7. The van der Waals surface area contributed by atoms with Gasteiger partial charge in [-0.2, -0.15) is 0 Å². The molecule has 86 valence electrons. The fourth-order valence-corrected chi connectivity index (χ4v) is 1.52. The second kappa shape index (κ2) is 9.86. The van der Waals surface area contributed by atoms with Gasteiger partial charge in [-0.25, -0.2) is 5.41 Å². The van der Waals surface area contributed by atoms with E-state index in [4.69, 9.17) is 5.41 Å². The van der Waals surface area contributed by atoms with E-state index in [2.05, 4.69) is 26.8 Å². The van der Waals surface area contributed by atoms with Crippen LogP contribution in [0.2, 0.25) is 0 Å². The average molecular weight is 208 g/mol. The third-order valence-corrected chi connectivity index (χ3v) is 2.51. The second-order valence-electron chi connectivity index (χ2n) is 4.09. The van der Waals surface area contributed by atoms with Crippen LogP contribution < -0.4 is 0 Å². The minimum Gasteiger partial charge on any atom is -0.209 e. The van der Waals surface area contributed by atoms with E-state index >= 15 is 0 Å². The summed E-state index contributed by atoms with van der Waals surface area (Å²) in [5, 5.41) is 7.96. The normalized spacial score (nSPS) is 11.3. The third-order valence-electron chi connectivity index (χ3n) is 2.51. The molecule has 0 amide bonds. The van der Waals surface area contributed by atoms with Crippen molar-refractivity contribution in [1.82, 2.24) is 0 Å². The summed E-state index contributed by atoms with van der Waals surface area (Å²) in [6.45, 7) is 6.54. The lowest BCUT2D eigenvalue weighted by atomic mass is 9.99. The molecular weight excluding hydrogens is 182 g/mol. The molecule has 0 saturated carbocycles. The van der Waals surface area contributed by atoms with Gasteiger partial charge in [0.05, 0.1) is 18.9 Å². The SMILES string of the molecule is CCCC[C+]=C(CCCC)C(=N)CCC. The van der Waals surface area contributed by atoms with Crippen LogP contribution in [0.15, 0.2) is 5.57 Å². The van der Waals surface area contributed by atoms with Crippen molar-refractivity contribution in [2.24, 2.45) is 0 Å². The highest BCUT2D eigenvalue weighted by Gasteiger charge is 2.15. The average Bonchev–Trinajstić information content (AvgIpc) is 2.23. The van der Waals surface area contributed by atoms with Crippen LogP contribution in [-0.2, 0) is 0 Å². The zero-order valence-electron chi connectivity index (χ0n) is 10.7. The van der Waals surface area contributed by atoms with Gasteiger partial charge in [0.1, 0.15) is 0 Å². The van der Waals surface area contributed by atoms with Crippen molar-refractivity contribution in [1.29, 1.82) is 5.41 Å². The van der Waals surface area contributed by atoms with Crippen LogP contribution in [-0.4, -0.2) is 5.71 Å². The number of nitrogens with one attached hydrogen (secondary N) is 1. The summed E-state index contributed by atoms with van der Waals surface area (Å²) in [6, 6.07) is 0. The molecule has 0 aliphatic carbocycles. The lowest BCUT2D eigenvalue weighted by Crippen LogP contribution is -2.01. The van der Waals surface area contributed by atoms with Crippen LogP contribution in [0.3, 0.4) is 0 Å². The molecule has 1 N–H and O–H groups in total. The smallest absolute Gasteiger partial charge is 0.188 e. The fraction of sp³-hybridized carbons (Fsp3) is 0.786. The van der Waals surface area contributed by atoms with Crippen LogP contribution >= 0.6 is 0 Å². The van der Waals surface area contributed by atoms with Crippen molar-refractivity contribution >= 4 is 5.71 Å². The maximum absolute atomic E-state index is 7.96. The molecule has 0 unspecified atom stereocenters. The van der Waals surface area contributed by atoms with Crippen LogP contribution in [0.1, 0.15) is 72.1 Å². The van der Waals surface area contributed by atoms with Crippen molar-refractivity contribution < 1.29 is 0 Å². The Kier molecular flexibility index (Phi) is 9.41. The first-order valence-electron chi connectivity index (χ1n) is 6.43. The highest BCUT2D eigenvalue weighted by atomic mass is 14.4. The molecule has 0 saturated heterocycles. The lowest BCUT2D eigenvalue weighted by molar-refractivity contribution is 0.769. The highest BCUT2D eigenvalue weighted by Crippen LogP contribution is 2.13. The van der Waals surface area contributed by atoms with Crippen LogP contribution in [0, 0.1) is 11.5 Å². The Bertz CT molecular complexity index is 192. The number of rotatable bonds is 9. The molecule has 15 heavy (non-hydrogen) atoms. The van der Waals surface area contributed by atoms with Gasteiger partial charge in [0, 0.05) is 6.42 Å². The summed E-state index contributed by atoms with van der Waals surface area (Å²) in [6.07, 6.45) is 12.3. The minimum absolute atomic E-state index is 0.821. The van der Waals surface area contributed by atoms with Crippen LogP contribution in [0.5, 0.6) is 0 Å². The van der Waals surface area contributed by atoms with Gasteiger partial charge in [-0.15, -0.1) is 0 Å². The fourth-order valence-electron chi connectivity index (χ4n) is 1.52. The maximum atomic E-state index is 7.96. The second-order valence-corrected chi connectivity index (χ2v) is 4.09. The molecule has 0 rings (SSSR count). The van der Waals surface area contributed by atoms with Gasteiger partial charge in [-0.05, 0) is 19.3 Å². The van der Waals surface area contributed by atoms with E-state index in [1.165, 1.54) is 31.3 Å². The molecule has 0 aromatic rings. The summed E-state index contributed by atoms with van der Waals surface area (Å²) in [5.74, 6) is 0. The Labute approximate surface area is 95.5 Å². The van der Waals surface area contributed by atoms with Crippen molar-refractivity contribution in [3.8, 4) is 0 Å². The van der Waals surface area contributed by atoms with Crippen LogP contribution in [0.4, 0.5) is 0 Å². The van der Waals surface area contributed by atoms with Gasteiger partial charge in [-0.1, -0.05) is 33.6 Å². The zero-order chi connectivity index (χ0) is 11.5. The molecule has 0 radical (unpaired) electrons. The maximum Gasteiger partial charge on any atom is 0.188 e. The van der Waals surface area contributed by atoms with E-state index < -0.39 is 0 Å². The van der Waals surface area contributed by atoms with Gasteiger partial charge in [0.15, 0.2) is 11.3 Å². The topological polar surface area (TPSA) is 23.9 Å². The van der Waals surface area contributed by atoms with Crippen molar-refractivity contribution in [3.63, 3.8) is 0 Å². The van der Waals surface area contributed by atoms with Crippen molar-refractivity contribution in [2.75, 3.05) is 0 Å². The molecule has 0 aromatic heterocycles. The Balaban J connectivity index is 4.15. The first kappa shape index (κ1) is 14.3. The number of allylic oxidation sites excluding steroid dienone is 2. The quantitative estimate of drug-likeness (QED) is 0.316. The predicted octanol–water partition coefficient (Wildman–Crippen LogP) is 4.92. The van der Waals surface area contributed by atoms with Crippen molar-refractivity contribution in [3.05, 3.63) is 11.6 Å². The molecule has 0 aliphatic heterocycles. The van der Waals surface area contributed by atoms with E-state index in [9.17, 15) is 0 Å². The Morgan fingerprint density at radius 3 is 2.13 bits per heavy atom. The molecule has 0 spiro atoms. The van der Waals surface area contributed by atoms with E-state index in [1.807, 2.05) is 0 Å². The van der Waals surface area contributed by atoms with E-state index in [1.54, 1.807) is 0 Å². The van der Waals surface area contributed by atoms with Crippen molar-refractivity contribution in [2.45, 2.75) is 72.1 Å². The molecule has 0 aromatic carbocycles. The summed E-state index contributed by atoms with van der Waals surface area (Å²) in [4.78, 5) is 0. The Hall–Kier alpha value is -0.680. The summed E-state index contributed by atoms with van der Waals surface area (Å²) in [7, 11) is 0. The molecular formula is C14H26N+. The monoisotopic (exact) mass is 208 g/mol. The molecule has 1 heteroatoms. The van der Waals surface area contributed by atoms with Gasteiger partial charge < -0.3 is 0 Å². The Morgan fingerprint density at radius 2 is 1.60 bits per heavy atom. The molecule has 0 heterocycles. The summed E-state index contributed by atoms with van der Waals surface area (Å²) in [5.41, 5.74) is 2.01. The number of hydrogen-bond acceptors (Lipinski definition) is 1. The van der Waals surface area contributed by atoms with E-state index in [0.717, 1.165) is 31.4 Å². The molecule has 0 atom stereocenters. The molecule has 0 aliphatic rings. The van der Waals surface area contributed by atoms with Gasteiger partial charge in [0.2, 0.25) is 0 Å². The number of hydrogen-bond donors (Lipinski definition) is 1. The molecule has 1 nitrogen and oxygen atoms in total. The minimum atomic E-state index is 0.821. The standard InChI is InChI=1S/C14H26N/c1-4-7-9-12-13(11-8-5-2)14(15)10-6-3/h15H,4-11H2,1-3H3/q+1. The van der Waals surface area contributed by atoms with E-state index in [-0.39, 0.29) is 0 Å². The predicted molar refractivity (Wildman–Crippen MR) is 68.4 cm³/mol. The largest absolute Gasteiger partial charge is 0.209 e. The van der Waals surface area contributed by atoms with Crippen LogP contribution in [0.25, 0.3) is 0 Å². The van der Waals surface area contributed by atoms with Gasteiger partial charge in [-0.3, -0.25) is 0 Å². The summed E-state index contributed by atoms with van der Waals surface area (Å²) >= 11 is 0. The first-order valence-corrected chi connectivity index (χ1v) is 6.43. The Morgan fingerprint density at radius 1 is 0.933 bits per heavy atom. The lowest BCUT2D eigenvalue weighted by Gasteiger charge is -1.97. The summed E-state index contributed by atoms with van der Waals surface area (Å²) < 4.78 is 0. The highest BCUT2D eigenvalue weighted by molar-refractivity contribution is 5.97. The molecule has 0 fully saturated rings.